The van der Waals surface area contributed by atoms with Crippen molar-refractivity contribution in [3.63, 3.8) is 0 Å². The monoisotopic (exact) mass is 237 g/mol. The highest BCUT2D eigenvalue weighted by Gasteiger charge is 2.15. The van der Waals surface area contributed by atoms with Crippen LogP contribution in [-0.4, -0.2) is 36.8 Å². The molecule has 1 saturated heterocycles. The van der Waals surface area contributed by atoms with Crippen molar-refractivity contribution < 1.29 is 9.47 Å². The molecule has 1 aliphatic rings. The maximum absolute atomic E-state index is 5.76. The molecule has 0 saturated carbocycles. The molecule has 0 unspecified atom stereocenters. The molecule has 0 radical (unpaired) electrons. The highest BCUT2D eigenvalue weighted by Crippen LogP contribution is 2.23. The summed E-state index contributed by atoms with van der Waals surface area (Å²) in [5.41, 5.74) is 0.865. The van der Waals surface area contributed by atoms with E-state index >= 15 is 0 Å². The minimum atomic E-state index is 0.584. The molecule has 0 atom stereocenters. The third-order valence-corrected chi connectivity index (χ3v) is 3.10. The van der Waals surface area contributed by atoms with Crippen LogP contribution in [0.5, 0.6) is 11.8 Å². The van der Waals surface area contributed by atoms with E-state index < -0.39 is 0 Å². The zero-order valence-electron chi connectivity index (χ0n) is 10.4. The molecule has 0 bridgehead atoms. The Balaban J connectivity index is 1.93. The van der Waals surface area contributed by atoms with Gasteiger partial charge in [0.1, 0.15) is 6.33 Å². The number of hydrogen-bond acceptors (Lipinski definition) is 5. The Bertz CT molecular complexity index is 365. The van der Waals surface area contributed by atoms with Crippen molar-refractivity contribution in [2.75, 3.05) is 26.8 Å². The molecule has 0 aromatic carbocycles. The number of hydrogen-bond donors (Lipinski definition) is 1. The Hall–Kier alpha value is -1.36. The molecule has 1 aromatic rings. The molecule has 0 amide bonds. The number of nitrogens with zero attached hydrogens (tertiary/aromatic N) is 2. The first-order valence-electron chi connectivity index (χ1n) is 6.00. The van der Waals surface area contributed by atoms with Gasteiger partial charge in [-0.3, -0.25) is 0 Å². The van der Waals surface area contributed by atoms with Crippen LogP contribution in [0.15, 0.2) is 6.33 Å². The summed E-state index contributed by atoms with van der Waals surface area (Å²) in [7, 11) is 1.60. The third kappa shape index (κ3) is 3.06. The van der Waals surface area contributed by atoms with Crippen LogP contribution < -0.4 is 14.8 Å². The van der Waals surface area contributed by atoms with Crippen LogP contribution >= 0.6 is 0 Å². The van der Waals surface area contributed by atoms with Gasteiger partial charge in [-0.15, -0.1) is 0 Å². The SMILES string of the molecule is COc1ncnc(OCC2CCNCC2)c1C. The molecule has 5 nitrogen and oxygen atoms in total. The van der Waals surface area contributed by atoms with Crippen molar-refractivity contribution in [3.8, 4) is 11.8 Å². The summed E-state index contributed by atoms with van der Waals surface area (Å²) >= 11 is 0. The summed E-state index contributed by atoms with van der Waals surface area (Å²) in [6.07, 6.45) is 3.81. The fraction of sp³-hybridized carbons (Fsp3) is 0.667. The Morgan fingerprint density at radius 1 is 1.29 bits per heavy atom. The van der Waals surface area contributed by atoms with Crippen LogP contribution in [0, 0.1) is 12.8 Å². The van der Waals surface area contributed by atoms with Gasteiger partial charge in [-0.1, -0.05) is 0 Å². The van der Waals surface area contributed by atoms with Crippen molar-refractivity contribution in [3.05, 3.63) is 11.9 Å². The van der Waals surface area contributed by atoms with Gasteiger partial charge in [0, 0.05) is 0 Å². The Kier molecular flexibility index (Phi) is 4.14. The topological polar surface area (TPSA) is 56.3 Å². The van der Waals surface area contributed by atoms with Gasteiger partial charge < -0.3 is 14.8 Å². The zero-order valence-corrected chi connectivity index (χ0v) is 10.4. The van der Waals surface area contributed by atoms with E-state index in [1.807, 2.05) is 6.92 Å². The summed E-state index contributed by atoms with van der Waals surface area (Å²) in [4.78, 5) is 8.17. The van der Waals surface area contributed by atoms with E-state index in [-0.39, 0.29) is 0 Å². The number of methoxy groups -OCH3 is 1. The van der Waals surface area contributed by atoms with Gasteiger partial charge in [-0.05, 0) is 38.8 Å². The van der Waals surface area contributed by atoms with E-state index in [2.05, 4.69) is 15.3 Å². The number of piperidine rings is 1. The van der Waals surface area contributed by atoms with E-state index in [9.17, 15) is 0 Å². The zero-order chi connectivity index (χ0) is 12.1. The molecule has 17 heavy (non-hydrogen) atoms. The van der Waals surface area contributed by atoms with Gasteiger partial charge in [0.05, 0.1) is 19.3 Å². The Labute approximate surface area is 102 Å². The lowest BCUT2D eigenvalue weighted by Crippen LogP contribution is -2.30. The maximum Gasteiger partial charge on any atom is 0.223 e. The maximum atomic E-state index is 5.76. The normalized spacial score (nSPS) is 16.8. The number of ether oxygens (including phenoxy) is 2. The molecule has 1 fully saturated rings. The quantitative estimate of drug-likeness (QED) is 0.852. The van der Waals surface area contributed by atoms with Gasteiger partial charge in [0.15, 0.2) is 0 Å². The standard InChI is InChI=1S/C12H19N3O2/c1-9-11(16-2)14-8-15-12(9)17-7-10-3-5-13-6-4-10/h8,10,13H,3-7H2,1-2H3. The van der Waals surface area contributed by atoms with E-state index in [1.165, 1.54) is 19.2 Å². The average Bonchev–Trinajstić information content (AvgIpc) is 2.39. The molecule has 1 aliphatic heterocycles. The smallest absolute Gasteiger partial charge is 0.223 e. The molecule has 1 N–H and O–H groups in total. The van der Waals surface area contributed by atoms with Crippen molar-refractivity contribution in [1.29, 1.82) is 0 Å². The number of rotatable bonds is 4. The molecule has 0 spiro atoms. The first-order chi connectivity index (χ1) is 8.31. The lowest BCUT2D eigenvalue weighted by molar-refractivity contribution is 0.206. The van der Waals surface area contributed by atoms with E-state index in [0.29, 0.717) is 17.7 Å². The first-order valence-corrected chi connectivity index (χ1v) is 6.00. The molecular weight excluding hydrogens is 218 g/mol. The highest BCUT2D eigenvalue weighted by atomic mass is 16.5. The summed E-state index contributed by atoms with van der Waals surface area (Å²) in [5.74, 6) is 1.84. The predicted octanol–water partition coefficient (Wildman–Crippen LogP) is 1.17. The van der Waals surface area contributed by atoms with E-state index in [1.54, 1.807) is 7.11 Å². The van der Waals surface area contributed by atoms with E-state index in [4.69, 9.17) is 9.47 Å². The van der Waals surface area contributed by atoms with Crippen LogP contribution in [0.1, 0.15) is 18.4 Å². The second kappa shape index (κ2) is 5.82. The molecule has 2 rings (SSSR count). The minimum Gasteiger partial charge on any atom is -0.481 e. The molecule has 2 heterocycles. The second-order valence-corrected chi connectivity index (χ2v) is 4.32. The number of aromatic nitrogens is 2. The highest BCUT2D eigenvalue weighted by molar-refractivity contribution is 5.32. The first kappa shape index (κ1) is 12.1. The second-order valence-electron chi connectivity index (χ2n) is 4.32. The lowest BCUT2D eigenvalue weighted by atomic mass is 9.99. The predicted molar refractivity (Wildman–Crippen MR) is 64.4 cm³/mol. The van der Waals surface area contributed by atoms with Crippen molar-refractivity contribution in [2.24, 2.45) is 5.92 Å². The third-order valence-electron chi connectivity index (χ3n) is 3.10. The van der Waals surface area contributed by atoms with Crippen molar-refractivity contribution in [1.82, 2.24) is 15.3 Å². The Morgan fingerprint density at radius 3 is 2.71 bits per heavy atom. The Morgan fingerprint density at radius 2 is 2.00 bits per heavy atom. The molecule has 5 heteroatoms. The van der Waals surface area contributed by atoms with Crippen LogP contribution in [0.25, 0.3) is 0 Å². The van der Waals surface area contributed by atoms with Gasteiger partial charge in [-0.25, -0.2) is 9.97 Å². The number of nitrogens with one attached hydrogen (secondary N) is 1. The molecule has 0 aliphatic carbocycles. The molecular formula is C12H19N3O2. The van der Waals surface area contributed by atoms with Gasteiger partial charge in [0.2, 0.25) is 11.8 Å². The molecule has 1 aromatic heterocycles. The largest absolute Gasteiger partial charge is 0.481 e. The summed E-state index contributed by atoms with van der Waals surface area (Å²) in [6.45, 7) is 4.81. The van der Waals surface area contributed by atoms with Crippen LogP contribution in [0.4, 0.5) is 0 Å². The van der Waals surface area contributed by atoms with Gasteiger partial charge in [-0.2, -0.15) is 0 Å². The van der Waals surface area contributed by atoms with Gasteiger partial charge in [0.25, 0.3) is 0 Å². The van der Waals surface area contributed by atoms with Crippen LogP contribution in [0.3, 0.4) is 0 Å². The lowest BCUT2D eigenvalue weighted by Gasteiger charge is -2.22. The molecule has 94 valence electrons. The summed E-state index contributed by atoms with van der Waals surface area (Å²) < 4.78 is 10.9. The average molecular weight is 237 g/mol. The van der Waals surface area contributed by atoms with E-state index in [0.717, 1.165) is 25.3 Å². The van der Waals surface area contributed by atoms with Crippen molar-refractivity contribution in [2.45, 2.75) is 19.8 Å². The van der Waals surface area contributed by atoms with Gasteiger partial charge >= 0.3 is 0 Å². The van der Waals surface area contributed by atoms with Crippen LogP contribution in [-0.2, 0) is 0 Å². The summed E-state index contributed by atoms with van der Waals surface area (Å²) in [6, 6.07) is 0. The minimum absolute atomic E-state index is 0.584. The fourth-order valence-electron chi connectivity index (χ4n) is 2.02. The van der Waals surface area contributed by atoms with Crippen LogP contribution in [0.2, 0.25) is 0 Å². The fourth-order valence-corrected chi connectivity index (χ4v) is 2.02. The van der Waals surface area contributed by atoms with Crippen molar-refractivity contribution >= 4 is 0 Å². The summed E-state index contributed by atoms with van der Waals surface area (Å²) in [5, 5.41) is 3.34.